The van der Waals surface area contributed by atoms with E-state index in [9.17, 15) is 28.2 Å². The van der Waals surface area contributed by atoms with Gasteiger partial charge in [0.25, 0.3) is 0 Å². The maximum Gasteiger partial charge on any atom is 0.433 e. The minimum absolute atomic E-state index is 0.00269. The molecule has 4 aromatic rings. The van der Waals surface area contributed by atoms with Crippen molar-refractivity contribution in [2.45, 2.75) is 39.3 Å². The van der Waals surface area contributed by atoms with Crippen LogP contribution < -0.4 is 10.7 Å². The number of hydrogen-bond donors (Lipinski definition) is 3. The average Bonchev–Trinajstić information content (AvgIpc) is 2.81. The Balaban J connectivity index is 1.84. The lowest BCUT2D eigenvalue weighted by Gasteiger charge is -2.21. The van der Waals surface area contributed by atoms with Crippen LogP contribution in [0.2, 0.25) is 0 Å². The summed E-state index contributed by atoms with van der Waals surface area (Å²) in [4.78, 5) is 20.7. The van der Waals surface area contributed by atoms with Gasteiger partial charge in [0.15, 0.2) is 11.7 Å². The van der Waals surface area contributed by atoms with Crippen molar-refractivity contribution in [1.82, 2.24) is 9.97 Å². The van der Waals surface area contributed by atoms with Gasteiger partial charge >= 0.3 is 6.18 Å². The van der Waals surface area contributed by atoms with Crippen LogP contribution in [0, 0.1) is 13.8 Å². The van der Waals surface area contributed by atoms with Gasteiger partial charge in [0.2, 0.25) is 0 Å². The van der Waals surface area contributed by atoms with E-state index in [1.165, 1.54) is 0 Å². The number of alkyl halides is 3. The highest BCUT2D eigenvalue weighted by molar-refractivity contribution is 5.84. The number of halogens is 3. The number of benzene rings is 1. The first-order valence-electron chi connectivity index (χ1n) is 10.7. The second-order valence-corrected chi connectivity index (χ2v) is 8.22. The standard InChI is InChI=1S/C25H22F3N3O4/c1-12-9-16(14(3)30-18-6-7-19(25(26,27)28)31-20(18)24(33)34)23-17(10-12)21(32)13(2)22(35-23)15-5-4-8-29-11-15/h4-11,14,24,30,33-34H,1-3H3. The first kappa shape index (κ1) is 24.4. The van der Waals surface area contributed by atoms with E-state index in [-0.39, 0.29) is 11.1 Å². The smallest absolute Gasteiger partial charge is 0.433 e. The van der Waals surface area contributed by atoms with Gasteiger partial charge in [-0.05, 0) is 56.7 Å². The van der Waals surface area contributed by atoms with E-state index in [1.807, 2.05) is 6.92 Å². The van der Waals surface area contributed by atoms with E-state index in [4.69, 9.17) is 4.42 Å². The zero-order valence-electron chi connectivity index (χ0n) is 19.0. The molecule has 0 aliphatic rings. The summed E-state index contributed by atoms with van der Waals surface area (Å²) in [6, 6.07) is 8.21. The van der Waals surface area contributed by atoms with Crippen LogP contribution in [0.3, 0.4) is 0 Å². The number of aromatic nitrogens is 2. The minimum atomic E-state index is -4.75. The molecular formula is C25H22F3N3O4. The van der Waals surface area contributed by atoms with Crippen LogP contribution in [0.4, 0.5) is 18.9 Å². The molecule has 1 unspecified atom stereocenters. The Morgan fingerprint density at radius 2 is 1.86 bits per heavy atom. The zero-order chi connectivity index (χ0) is 25.5. The van der Waals surface area contributed by atoms with Crippen molar-refractivity contribution in [1.29, 1.82) is 0 Å². The number of anilines is 1. The van der Waals surface area contributed by atoms with Gasteiger partial charge in [-0.3, -0.25) is 9.78 Å². The van der Waals surface area contributed by atoms with Crippen molar-refractivity contribution in [3.63, 3.8) is 0 Å². The summed E-state index contributed by atoms with van der Waals surface area (Å²) in [6.45, 7) is 5.19. The van der Waals surface area contributed by atoms with E-state index in [2.05, 4.69) is 15.3 Å². The number of aryl methyl sites for hydroxylation is 1. The lowest BCUT2D eigenvalue weighted by Crippen LogP contribution is -2.16. The molecule has 3 aromatic heterocycles. The van der Waals surface area contributed by atoms with Gasteiger partial charge in [-0.15, -0.1) is 0 Å². The molecule has 35 heavy (non-hydrogen) atoms. The number of nitrogens with one attached hydrogen (secondary N) is 1. The monoisotopic (exact) mass is 485 g/mol. The summed E-state index contributed by atoms with van der Waals surface area (Å²) in [7, 11) is 0. The maximum atomic E-state index is 13.2. The molecule has 1 aromatic carbocycles. The van der Waals surface area contributed by atoms with Crippen LogP contribution in [0.25, 0.3) is 22.3 Å². The number of rotatable bonds is 5. The van der Waals surface area contributed by atoms with Crippen molar-refractivity contribution in [2.75, 3.05) is 5.32 Å². The molecule has 7 nitrogen and oxygen atoms in total. The summed E-state index contributed by atoms with van der Waals surface area (Å²) in [5.41, 5.74) is 0.627. The number of hydrogen-bond acceptors (Lipinski definition) is 7. The third-order valence-corrected chi connectivity index (χ3v) is 5.61. The van der Waals surface area contributed by atoms with Gasteiger partial charge in [-0.1, -0.05) is 6.07 Å². The van der Waals surface area contributed by atoms with Crippen LogP contribution in [-0.2, 0) is 6.18 Å². The van der Waals surface area contributed by atoms with Crippen molar-refractivity contribution in [3.8, 4) is 11.3 Å². The fourth-order valence-corrected chi connectivity index (χ4v) is 3.92. The van der Waals surface area contributed by atoms with Gasteiger partial charge in [0.1, 0.15) is 22.7 Å². The Labute approximate surface area is 197 Å². The van der Waals surface area contributed by atoms with Gasteiger partial charge in [-0.2, -0.15) is 13.2 Å². The Kier molecular flexibility index (Phi) is 6.35. The molecule has 1 atom stereocenters. The predicted octanol–water partition coefficient (Wildman–Crippen LogP) is 5.04. The van der Waals surface area contributed by atoms with E-state index in [0.29, 0.717) is 33.4 Å². The lowest BCUT2D eigenvalue weighted by molar-refractivity contribution is -0.141. The first-order chi connectivity index (χ1) is 16.5. The van der Waals surface area contributed by atoms with Crippen LogP contribution in [0.1, 0.15) is 47.3 Å². The van der Waals surface area contributed by atoms with E-state index in [1.54, 1.807) is 50.5 Å². The third-order valence-electron chi connectivity index (χ3n) is 5.61. The molecule has 0 fully saturated rings. The van der Waals surface area contributed by atoms with Gasteiger partial charge < -0.3 is 19.9 Å². The molecular weight excluding hydrogens is 463 g/mol. The summed E-state index contributed by atoms with van der Waals surface area (Å²) in [5, 5.41) is 22.6. The van der Waals surface area contributed by atoms with E-state index in [0.717, 1.165) is 17.7 Å². The molecule has 0 aliphatic carbocycles. The molecule has 0 saturated carbocycles. The Morgan fingerprint density at radius 3 is 2.49 bits per heavy atom. The quantitative estimate of drug-likeness (QED) is 0.340. The molecule has 3 N–H and O–H groups in total. The summed E-state index contributed by atoms with van der Waals surface area (Å²) >= 11 is 0. The second-order valence-electron chi connectivity index (χ2n) is 8.22. The topological polar surface area (TPSA) is 108 Å². The number of pyridine rings is 2. The average molecular weight is 485 g/mol. The van der Waals surface area contributed by atoms with Crippen LogP contribution >= 0.6 is 0 Å². The zero-order valence-corrected chi connectivity index (χ0v) is 19.0. The fraction of sp³-hybridized carbons (Fsp3) is 0.240. The molecule has 0 spiro atoms. The number of aliphatic hydroxyl groups is 2. The molecule has 0 amide bonds. The molecule has 0 saturated heterocycles. The SMILES string of the molecule is Cc1cc(C(C)Nc2ccc(C(F)(F)F)nc2C(O)O)c2oc(-c3cccnc3)c(C)c(=O)c2c1. The van der Waals surface area contributed by atoms with Crippen LogP contribution in [0.5, 0.6) is 0 Å². The summed E-state index contributed by atoms with van der Waals surface area (Å²) < 4.78 is 45.4. The molecule has 3 heterocycles. The summed E-state index contributed by atoms with van der Waals surface area (Å²) in [6.07, 6.45) is -3.80. The number of nitrogens with zero attached hydrogens (tertiary/aromatic N) is 2. The molecule has 10 heteroatoms. The van der Waals surface area contributed by atoms with Crippen molar-refractivity contribution in [3.05, 3.63) is 87.1 Å². The largest absolute Gasteiger partial charge is 0.455 e. The van der Waals surface area contributed by atoms with Gasteiger partial charge in [-0.25, -0.2) is 4.98 Å². The highest BCUT2D eigenvalue weighted by atomic mass is 19.4. The fourth-order valence-electron chi connectivity index (χ4n) is 3.92. The minimum Gasteiger partial charge on any atom is -0.455 e. The van der Waals surface area contributed by atoms with Crippen molar-refractivity contribution < 1.29 is 27.8 Å². The lowest BCUT2D eigenvalue weighted by atomic mass is 9.99. The first-order valence-corrected chi connectivity index (χ1v) is 10.7. The van der Waals surface area contributed by atoms with Gasteiger partial charge in [0, 0.05) is 29.1 Å². The second kappa shape index (κ2) is 9.12. The van der Waals surface area contributed by atoms with Crippen LogP contribution in [-0.4, -0.2) is 20.2 Å². The van der Waals surface area contributed by atoms with Crippen LogP contribution in [0.15, 0.2) is 58.0 Å². The predicted molar refractivity (Wildman–Crippen MR) is 124 cm³/mol. The maximum absolute atomic E-state index is 13.2. The van der Waals surface area contributed by atoms with Crippen molar-refractivity contribution in [2.24, 2.45) is 0 Å². The highest BCUT2D eigenvalue weighted by Gasteiger charge is 2.34. The number of fused-ring (bicyclic) bond motifs is 1. The summed E-state index contributed by atoms with van der Waals surface area (Å²) in [5.74, 6) is 0.357. The molecule has 0 bridgehead atoms. The van der Waals surface area contributed by atoms with Crippen molar-refractivity contribution >= 4 is 16.7 Å². The molecule has 4 rings (SSSR count). The Bertz CT molecular complexity index is 1450. The Morgan fingerprint density at radius 1 is 1.11 bits per heavy atom. The normalized spacial score (nSPS) is 12.8. The van der Waals surface area contributed by atoms with E-state index >= 15 is 0 Å². The Hall–Kier alpha value is -3.76. The molecule has 0 aliphatic heterocycles. The molecule has 182 valence electrons. The highest BCUT2D eigenvalue weighted by Crippen LogP contribution is 2.34. The number of aliphatic hydroxyl groups excluding tert-OH is 1. The van der Waals surface area contributed by atoms with E-state index < -0.39 is 29.9 Å². The third kappa shape index (κ3) is 4.75. The van der Waals surface area contributed by atoms with Gasteiger partial charge in [0.05, 0.1) is 17.1 Å². The molecule has 0 radical (unpaired) electrons.